The Morgan fingerprint density at radius 2 is 1.29 bits per heavy atom. The number of carbonyl (C=O) groups is 2. The number of nitrogens with two attached hydrogens (primary N) is 1. The summed E-state index contributed by atoms with van der Waals surface area (Å²) in [4.78, 5) is 38.6. The third-order valence-corrected chi connectivity index (χ3v) is 14.2. The molecule has 4 N–H and O–H groups in total. The number of rotatable bonds is 14. The monoisotopic (exact) mass is 1080 g/mol. The van der Waals surface area contributed by atoms with Crippen molar-refractivity contribution >= 4 is 70.4 Å². The van der Waals surface area contributed by atoms with Crippen LogP contribution in [0.4, 0.5) is 5.69 Å². The number of fused-ring (bicyclic) bond motifs is 2. The van der Waals surface area contributed by atoms with Gasteiger partial charge in [-0.05, 0) is 119 Å². The number of halogens is 2. The number of Topliss-reactive ketones (excluding diaryl/α,β-unsaturated/α-hetero) is 1. The Hall–Kier alpha value is -4.67. The summed E-state index contributed by atoms with van der Waals surface area (Å²) in [5.74, 6) is 0.776. The molecule has 2 saturated heterocycles. The van der Waals surface area contributed by atoms with Gasteiger partial charge in [-0.25, -0.2) is 27.4 Å². The highest BCUT2D eigenvalue weighted by molar-refractivity contribution is 9.10. The number of benzene rings is 2. The van der Waals surface area contributed by atoms with E-state index in [1.807, 2.05) is 54.9 Å². The predicted octanol–water partition coefficient (Wildman–Crippen LogP) is 6.23. The Kier molecular flexibility index (Phi) is 16.4. The molecule has 362 valence electrons. The van der Waals surface area contributed by atoms with Gasteiger partial charge in [-0.3, -0.25) is 19.4 Å². The van der Waals surface area contributed by atoms with E-state index in [0.29, 0.717) is 34.2 Å². The number of ketones is 1. The van der Waals surface area contributed by atoms with Crippen LogP contribution in [0, 0.1) is 19.8 Å². The molecule has 0 radical (unpaired) electrons. The molecule has 2 aromatic carbocycles. The molecule has 4 fully saturated rings. The Labute approximate surface area is 413 Å². The largest absolute Gasteiger partial charge is 0.381 e. The van der Waals surface area contributed by atoms with Crippen LogP contribution in [0.15, 0.2) is 75.0 Å². The third-order valence-electron chi connectivity index (χ3n) is 12.3. The smallest absolute Gasteiger partial charge is 0.251 e. The molecule has 20 heteroatoms. The normalized spacial score (nSPS) is 16.7. The van der Waals surface area contributed by atoms with Crippen molar-refractivity contribution in [1.82, 2.24) is 44.3 Å². The zero-order valence-corrected chi connectivity index (χ0v) is 42.7. The van der Waals surface area contributed by atoms with Crippen LogP contribution < -0.4 is 16.4 Å². The van der Waals surface area contributed by atoms with Crippen molar-refractivity contribution in [1.29, 1.82) is 0 Å². The van der Waals surface area contributed by atoms with E-state index < -0.39 is 9.84 Å². The Balaban J connectivity index is 0.000000157. The number of imidazole rings is 2. The molecule has 0 unspecified atom stereocenters. The molecule has 1 amide bonds. The zero-order chi connectivity index (χ0) is 48.0. The first-order chi connectivity index (χ1) is 32.7. The predicted molar refractivity (Wildman–Crippen MR) is 269 cm³/mol. The number of morpholine rings is 2. The summed E-state index contributed by atoms with van der Waals surface area (Å²) >= 11 is 6.81. The van der Waals surface area contributed by atoms with E-state index in [2.05, 4.69) is 78.5 Å². The number of nitrogens with one attached hydrogen (secondary N) is 2. The average molecular weight is 1080 g/mol. The number of carbonyl (C=O) groups excluding carboxylic acids is 2. The molecule has 4 aromatic heterocycles. The molecular weight excluding hydrogens is 1020 g/mol. The van der Waals surface area contributed by atoms with Gasteiger partial charge >= 0.3 is 0 Å². The molecule has 10 rings (SSSR count). The lowest BCUT2D eigenvalue weighted by Gasteiger charge is -2.26. The van der Waals surface area contributed by atoms with Crippen molar-refractivity contribution in [3.8, 4) is 22.5 Å². The van der Waals surface area contributed by atoms with Gasteiger partial charge in [0, 0.05) is 93.3 Å². The van der Waals surface area contributed by atoms with Crippen molar-refractivity contribution in [2.75, 3.05) is 90.4 Å². The molecule has 0 atom stereocenters. The third kappa shape index (κ3) is 12.7. The quantitative estimate of drug-likeness (QED) is 0.104. The van der Waals surface area contributed by atoms with Crippen LogP contribution in [0.25, 0.3) is 33.8 Å². The van der Waals surface area contributed by atoms with E-state index in [-0.39, 0.29) is 22.2 Å². The first kappa shape index (κ1) is 49.7. The van der Waals surface area contributed by atoms with Crippen molar-refractivity contribution in [2.24, 2.45) is 11.7 Å². The van der Waals surface area contributed by atoms with Gasteiger partial charge in [-0.1, -0.05) is 18.2 Å². The molecule has 0 bridgehead atoms. The number of aryl methyl sites for hydroxylation is 2. The minimum atomic E-state index is -3.46. The number of hydrogen-bond acceptors (Lipinski definition) is 14. The van der Waals surface area contributed by atoms with Gasteiger partial charge in [0.05, 0.1) is 55.9 Å². The molecule has 2 saturated carbocycles. The first-order valence-corrected chi connectivity index (χ1v) is 26.6. The molecule has 17 nitrogen and oxygen atoms in total. The maximum absolute atomic E-state index is 12.6. The maximum atomic E-state index is 12.6. The van der Waals surface area contributed by atoms with Gasteiger partial charge < -0.3 is 25.8 Å². The summed E-state index contributed by atoms with van der Waals surface area (Å²) in [6.45, 7) is 14.9. The highest BCUT2D eigenvalue weighted by atomic mass is 79.9. The molecule has 6 heterocycles. The number of nitrogens with zero attached hydrogens (tertiary/aromatic N) is 8. The van der Waals surface area contributed by atoms with Gasteiger partial charge in [-0.2, -0.15) is 10.2 Å². The number of ether oxygens (including phenoxy) is 2. The minimum absolute atomic E-state index is 0.0695. The molecular formula is C48H59Br2N11O6S. The van der Waals surface area contributed by atoms with Crippen LogP contribution in [0.2, 0.25) is 0 Å². The maximum Gasteiger partial charge on any atom is 0.251 e. The van der Waals surface area contributed by atoms with Gasteiger partial charge in [0.1, 0.15) is 14.1 Å². The molecule has 6 aromatic rings. The lowest BCUT2D eigenvalue weighted by atomic mass is 9.98. The van der Waals surface area contributed by atoms with Crippen LogP contribution in [-0.2, 0) is 19.3 Å². The summed E-state index contributed by atoms with van der Waals surface area (Å²) < 4.78 is 39.2. The average Bonchev–Trinajstić information content (AvgIpc) is 4.23. The Bertz CT molecular complexity index is 2870. The van der Waals surface area contributed by atoms with E-state index >= 15 is 0 Å². The minimum Gasteiger partial charge on any atom is -0.381 e. The van der Waals surface area contributed by atoms with Gasteiger partial charge in [0.2, 0.25) is 0 Å². The molecule has 2 aliphatic carbocycles. The van der Waals surface area contributed by atoms with E-state index in [1.54, 1.807) is 12.3 Å². The van der Waals surface area contributed by atoms with Crippen LogP contribution in [-0.4, -0.2) is 150 Å². The molecule has 0 spiro atoms. The lowest BCUT2D eigenvalue weighted by molar-refractivity contribution is 0.0394. The summed E-state index contributed by atoms with van der Waals surface area (Å²) in [5, 5.41) is 15.5. The summed E-state index contributed by atoms with van der Waals surface area (Å²) in [6.07, 6.45) is 9.69. The fourth-order valence-electron chi connectivity index (χ4n) is 8.23. The van der Waals surface area contributed by atoms with E-state index in [9.17, 15) is 18.0 Å². The van der Waals surface area contributed by atoms with Gasteiger partial charge in [-0.15, -0.1) is 0 Å². The highest BCUT2D eigenvalue weighted by Gasteiger charge is 2.27. The fraction of sp³-hybridized carbons (Fsp3) is 0.458. The number of hydrogen-bond donors (Lipinski definition) is 3. The zero-order valence-electron chi connectivity index (χ0n) is 38.7. The Morgan fingerprint density at radius 1 is 0.750 bits per heavy atom. The molecule has 68 heavy (non-hydrogen) atoms. The second-order valence-electron chi connectivity index (χ2n) is 17.7. The van der Waals surface area contributed by atoms with Crippen molar-refractivity contribution in [2.45, 2.75) is 56.9 Å². The topological polar surface area (TPSA) is 204 Å². The van der Waals surface area contributed by atoms with E-state index in [4.69, 9.17) is 15.2 Å². The van der Waals surface area contributed by atoms with Crippen LogP contribution >= 0.6 is 31.9 Å². The SMILES string of the molecule is Cc1cc(-c2cnc3c(NCCN4CCOCC4)cc(Br)nn23)ccc1C(=O)CC1CC1.Cc1cc(-c2cnc3c(S(C)(=O)=O)cc(Br)nn23)ccc1C(=O)NC1CC1.NCCN1CCOCC1. The second kappa shape index (κ2) is 22.4. The number of sulfone groups is 1. The molecule has 2 aliphatic heterocycles. The van der Waals surface area contributed by atoms with Crippen LogP contribution in [0.1, 0.15) is 63.9 Å². The Morgan fingerprint density at radius 3 is 1.84 bits per heavy atom. The second-order valence-corrected chi connectivity index (χ2v) is 21.4. The van der Waals surface area contributed by atoms with Crippen LogP contribution in [0.3, 0.4) is 0 Å². The van der Waals surface area contributed by atoms with Crippen molar-refractivity contribution in [3.63, 3.8) is 0 Å². The highest BCUT2D eigenvalue weighted by Crippen LogP contribution is 2.35. The van der Waals surface area contributed by atoms with Crippen molar-refractivity contribution in [3.05, 3.63) is 92.4 Å². The van der Waals surface area contributed by atoms with Gasteiger partial charge in [0.25, 0.3) is 5.91 Å². The standard InChI is InChI=1S/C24H28BrN5O2.C18H17BrN4O3S.C6H14N2O/c1-16-12-18(4-5-19(16)22(31)13-17-2-3-17)21-15-27-24-20(14-23(25)28-30(21)24)26-6-7-29-8-10-32-11-9-29;1-10-7-11(3-6-13(10)18(24)21-12-4-5-12)14-9-20-17-15(27(2,25)26)8-16(19)22-23(14)17;7-1-2-8-3-5-9-6-4-8/h4-5,12,14-15,17,26H,2-3,6-11,13H2,1H3;3,6-9,12H,4-5H2,1-2H3,(H,21,24);1-7H2. The summed E-state index contributed by atoms with van der Waals surface area (Å²) in [6, 6.07) is 15.2. The van der Waals surface area contributed by atoms with Crippen LogP contribution in [0.5, 0.6) is 0 Å². The number of aromatic nitrogens is 6. The molecule has 4 aliphatic rings. The number of anilines is 1. The summed E-state index contributed by atoms with van der Waals surface area (Å²) in [7, 11) is -3.46. The first-order valence-electron chi connectivity index (χ1n) is 23.1. The lowest BCUT2D eigenvalue weighted by Crippen LogP contribution is -2.39. The van der Waals surface area contributed by atoms with E-state index in [1.165, 1.54) is 23.4 Å². The fourth-order valence-corrected chi connectivity index (χ4v) is 9.95. The number of amides is 1. The summed E-state index contributed by atoms with van der Waals surface area (Å²) in [5.41, 5.74) is 14.0. The van der Waals surface area contributed by atoms with E-state index in [0.717, 1.165) is 147 Å². The van der Waals surface area contributed by atoms with Crippen molar-refractivity contribution < 1.29 is 27.5 Å². The van der Waals surface area contributed by atoms with Gasteiger partial charge in [0.15, 0.2) is 26.9 Å².